The fourth-order valence-electron chi connectivity index (χ4n) is 1.38. The average Bonchev–Trinajstić information content (AvgIpc) is 2.54. The number of hydrogen-bond acceptors (Lipinski definition) is 2. The molecule has 0 amide bonds. The summed E-state index contributed by atoms with van der Waals surface area (Å²) in [4.78, 5) is 0. The molecule has 0 unspecified atom stereocenters. The Kier molecular flexibility index (Phi) is 2.78. The van der Waals surface area contributed by atoms with Crippen LogP contribution in [0.15, 0.2) is 18.3 Å². The lowest BCUT2D eigenvalue weighted by molar-refractivity contribution is 0.628. The van der Waals surface area contributed by atoms with E-state index in [4.69, 9.17) is 28.9 Å². The Morgan fingerprint density at radius 2 is 1.94 bits per heavy atom. The van der Waals surface area contributed by atoms with Gasteiger partial charge in [0.1, 0.15) is 11.6 Å². The second-order valence-electron chi connectivity index (χ2n) is 3.31. The molecule has 1 aromatic carbocycles. The maximum absolute atomic E-state index is 13.1. The van der Waals surface area contributed by atoms with Gasteiger partial charge in [0.2, 0.25) is 0 Å². The van der Waals surface area contributed by atoms with E-state index in [0.29, 0.717) is 16.9 Å². The SMILES string of the molecule is Cn1ncc(-c2cc(Cl)c(F)cc2Cl)c1N. The van der Waals surface area contributed by atoms with Crippen molar-refractivity contribution in [3.05, 3.63) is 34.2 Å². The first-order chi connectivity index (χ1) is 7.50. The molecule has 2 N–H and O–H groups in total. The van der Waals surface area contributed by atoms with Crippen LogP contribution in [-0.4, -0.2) is 9.78 Å². The lowest BCUT2D eigenvalue weighted by atomic mass is 10.1. The molecule has 0 saturated heterocycles. The number of hydrogen-bond donors (Lipinski definition) is 1. The van der Waals surface area contributed by atoms with Crippen molar-refractivity contribution in [2.24, 2.45) is 7.05 Å². The highest BCUT2D eigenvalue weighted by Gasteiger charge is 2.13. The highest BCUT2D eigenvalue weighted by Crippen LogP contribution is 2.34. The molecule has 0 spiro atoms. The van der Waals surface area contributed by atoms with E-state index in [-0.39, 0.29) is 10.0 Å². The van der Waals surface area contributed by atoms with E-state index in [1.807, 2.05) is 0 Å². The van der Waals surface area contributed by atoms with E-state index in [1.165, 1.54) is 10.7 Å². The van der Waals surface area contributed by atoms with Gasteiger partial charge in [-0.25, -0.2) is 4.39 Å². The second-order valence-corrected chi connectivity index (χ2v) is 4.13. The summed E-state index contributed by atoms with van der Waals surface area (Å²) in [6.07, 6.45) is 1.56. The van der Waals surface area contributed by atoms with E-state index in [2.05, 4.69) is 5.10 Å². The molecule has 84 valence electrons. The van der Waals surface area contributed by atoms with Crippen LogP contribution in [0.25, 0.3) is 11.1 Å². The third kappa shape index (κ3) is 1.74. The molecular weight excluding hydrogens is 252 g/mol. The predicted octanol–water partition coefficient (Wildman–Crippen LogP) is 3.12. The van der Waals surface area contributed by atoms with E-state index in [0.717, 1.165) is 6.07 Å². The lowest BCUT2D eigenvalue weighted by Crippen LogP contribution is -1.98. The molecule has 0 fully saturated rings. The molecule has 0 aliphatic rings. The van der Waals surface area contributed by atoms with Crippen molar-refractivity contribution in [3.8, 4) is 11.1 Å². The molecule has 1 heterocycles. The molecule has 0 radical (unpaired) electrons. The van der Waals surface area contributed by atoms with Crippen LogP contribution in [0.1, 0.15) is 0 Å². The molecule has 2 aromatic rings. The fraction of sp³-hybridized carbons (Fsp3) is 0.100. The van der Waals surface area contributed by atoms with E-state index >= 15 is 0 Å². The topological polar surface area (TPSA) is 43.8 Å². The molecule has 16 heavy (non-hydrogen) atoms. The van der Waals surface area contributed by atoms with Gasteiger partial charge in [-0.05, 0) is 12.1 Å². The van der Waals surface area contributed by atoms with Crippen molar-refractivity contribution in [2.75, 3.05) is 5.73 Å². The molecule has 0 atom stereocenters. The van der Waals surface area contributed by atoms with Crippen molar-refractivity contribution in [3.63, 3.8) is 0 Å². The summed E-state index contributed by atoms with van der Waals surface area (Å²) in [5.74, 6) is -0.109. The smallest absolute Gasteiger partial charge is 0.143 e. The highest BCUT2D eigenvalue weighted by molar-refractivity contribution is 6.35. The van der Waals surface area contributed by atoms with Crippen LogP contribution < -0.4 is 5.73 Å². The standard InChI is InChI=1S/C10H8Cl2FN3/c1-16-10(14)6(4-15-16)5-2-8(12)9(13)3-7(5)11/h2-4H,14H2,1H3. The number of nitrogen functional groups attached to an aromatic ring is 1. The molecule has 0 aliphatic heterocycles. The van der Waals surface area contributed by atoms with Crippen LogP contribution >= 0.6 is 23.2 Å². The Balaban J connectivity index is 2.65. The van der Waals surface area contributed by atoms with Gasteiger partial charge < -0.3 is 5.73 Å². The third-order valence-corrected chi connectivity index (χ3v) is 2.89. The lowest BCUT2D eigenvalue weighted by Gasteiger charge is -2.05. The van der Waals surface area contributed by atoms with Gasteiger partial charge in [-0.15, -0.1) is 0 Å². The number of halogens is 3. The van der Waals surface area contributed by atoms with Crippen molar-refractivity contribution in [1.82, 2.24) is 9.78 Å². The van der Waals surface area contributed by atoms with Gasteiger partial charge in [-0.3, -0.25) is 4.68 Å². The summed E-state index contributed by atoms with van der Waals surface area (Å²) in [5.41, 5.74) is 7.00. The monoisotopic (exact) mass is 259 g/mol. The number of aromatic nitrogens is 2. The Labute approximate surface area is 102 Å². The zero-order valence-corrected chi connectivity index (χ0v) is 9.85. The minimum absolute atomic E-state index is 0.00246. The van der Waals surface area contributed by atoms with Gasteiger partial charge in [0.15, 0.2) is 0 Å². The van der Waals surface area contributed by atoms with Gasteiger partial charge in [0.25, 0.3) is 0 Å². The van der Waals surface area contributed by atoms with E-state index < -0.39 is 5.82 Å². The Hall–Kier alpha value is -1.26. The molecule has 0 saturated carbocycles. The van der Waals surface area contributed by atoms with Crippen molar-refractivity contribution in [1.29, 1.82) is 0 Å². The number of benzene rings is 1. The van der Waals surface area contributed by atoms with Crippen molar-refractivity contribution < 1.29 is 4.39 Å². The normalized spacial score (nSPS) is 10.8. The van der Waals surface area contributed by atoms with Gasteiger partial charge in [0, 0.05) is 18.2 Å². The largest absolute Gasteiger partial charge is 0.383 e. The van der Waals surface area contributed by atoms with Crippen LogP contribution in [-0.2, 0) is 7.05 Å². The second kappa shape index (κ2) is 3.96. The summed E-state index contributed by atoms with van der Waals surface area (Å²) in [6, 6.07) is 2.60. The summed E-state index contributed by atoms with van der Waals surface area (Å²) in [6.45, 7) is 0. The Morgan fingerprint density at radius 1 is 1.25 bits per heavy atom. The highest BCUT2D eigenvalue weighted by atomic mass is 35.5. The quantitative estimate of drug-likeness (QED) is 0.800. The van der Waals surface area contributed by atoms with Gasteiger partial charge in [0.05, 0.1) is 16.2 Å². The van der Waals surface area contributed by atoms with Crippen LogP contribution in [0, 0.1) is 5.82 Å². The number of nitrogens with zero attached hydrogens (tertiary/aromatic N) is 2. The molecule has 0 aliphatic carbocycles. The number of rotatable bonds is 1. The molecule has 0 bridgehead atoms. The van der Waals surface area contributed by atoms with Crippen LogP contribution in [0.4, 0.5) is 10.2 Å². The van der Waals surface area contributed by atoms with E-state index in [9.17, 15) is 4.39 Å². The van der Waals surface area contributed by atoms with Crippen molar-refractivity contribution >= 4 is 29.0 Å². The minimum atomic E-state index is -0.558. The molecule has 2 rings (SSSR count). The average molecular weight is 260 g/mol. The van der Waals surface area contributed by atoms with Crippen LogP contribution in [0.2, 0.25) is 10.0 Å². The first-order valence-electron chi connectivity index (χ1n) is 4.43. The molecule has 6 heteroatoms. The molecule has 3 nitrogen and oxygen atoms in total. The minimum Gasteiger partial charge on any atom is -0.383 e. The first-order valence-corrected chi connectivity index (χ1v) is 5.18. The summed E-state index contributed by atoms with van der Waals surface area (Å²) >= 11 is 11.6. The summed E-state index contributed by atoms with van der Waals surface area (Å²) < 4.78 is 14.6. The number of nitrogens with two attached hydrogens (primary N) is 1. The van der Waals surface area contributed by atoms with Gasteiger partial charge >= 0.3 is 0 Å². The fourth-order valence-corrected chi connectivity index (χ4v) is 1.80. The van der Waals surface area contributed by atoms with Crippen LogP contribution in [0.5, 0.6) is 0 Å². The third-order valence-electron chi connectivity index (χ3n) is 2.28. The Morgan fingerprint density at radius 3 is 2.50 bits per heavy atom. The van der Waals surface area contributed by atoms with Gasteiger partial charge in [-0.1, -0.05) is 23.2 Å². The maximum atomic E-state index is 13.1. The summed E-state index contributed by atoms with van der Waals surface area (Å²) in [7, 11) is 1.71. The zero-order valence-electron chi connectivity index (χ0n) is 8.34. The zero-order chi connectivity index (χ0) is 11.9. The number of anilines is 1. The maximum Gasteiger partial charge on any atom is 0.143 e. The molecular formula is C10H8Cl2FN3. The van der Waals surface area contributed by atoms with Gasteiger partial charge in [-0.2, -0.15) is 5.10 Å². The number of aryl methyl sites for hydroxylation is 1. The Bertz CT molecular complexity index is 551. The summed E-state index contributed by atoms with van der Waals surface area (Å²) in [5, 5.41) is 4.24. The molecule has 1 aromatic heterocycles. The first kappa shape index (κ1) is 11.2. The van der Waals surface area contributed by atoms with Crippen LogP contribution in [0.3, 0.4) is 0 Å². The van der Waals surface area contributed by atoms with E-state index in [1.54, 1.807) is 13.2 Å². The predicted molar refractivity (Wildman–Crippen MR) is 63.0 cm³/mol. The van der Waals surface area contributed by atoms with Crippen molar-refractivity contribution in [2.45, 2.75) is 0 Å².